The smallest absolute Gasteiger partial charge is 0.236 e. The molecule has 0 bridgehead atoms. The largest absolute Gasteiger partial charge is 0.494 e. The quantitative estimate of drug-likeness (QED) is 0.767. The van der Waals surface area contributed by atoms with Crippen molar-refractivity contribution in [2.24, 2.45) is 5.92 Å². The molecular weight excluding hydrogens is 323 g/mol. The number of benzene rings is 1. The monoisotopic (exact) mass is 348 g/mol. The summed E-state index contributed by atoms with van der Waals surface area (Å²) in [5.74, 6) is -0.668. The Balaban J connectivity index is 1.63. The zero-order valence-corrected chi connectivity index (χ0v) is 14.7. The summed E-state index contributed by atoms with van der Waals surface area (Å²) in [5.41, 5.74) is 0.345. The third-order valence-corrected chi connectivity index (χ3v) is 5.14. The number of nitrogens with zero attached hydrogens (tertiary/aromatic N) is 2. The Morgan fingerprint density at radius 1 is 1.20 bits per heavy atom. The van der Waals surface area contributed by atoms with E-state index in [0.29, 0.717) is 25.2 Å². The van der Waals surface area contributed by atoms with E-state index in [1.165, 1.54) is 19.2 Å². The molecule has 5 nitrogen and oxygen atoms in total. The van der Waals surface area contributed by atoms with Crippen LogP contribution >= 0.6 is 0 Å². The maximum absolute atomic E-state index is 13.9. The molecule has 2 aliphatic rings. The van der Waals surface area contributed by atoms with Gasteiger partial charge in [-0.2, -0.15) is 0 Å². The maximum Gasteiger partial charge on any atom is 0.236 e. The van der Waals surface area contributed by atoms with Crippen LogP contribution in [0.4, 0.5) is 4.39 Å². The van der Waals surface area contributed by atoms with Crippen LogP contribution in [-0.4, -0.2) is 61.3 Å². The van der Waals surface area contributed by atoms with E-state index in [4.69, 9.17) is 4.74 Å². The number of hydrogen-bond donors (Lipinski definition) is 0. The summed E-state index contributed by atoms with van der Waals surface area (Å²) < 4.78 is 18.8. The molecule has 0 radical (unpaired) electrons. The molecule has 0 aromatic heterocycles. The Bertz CT molecular complexity index is 644. The lowest BCUT2D eigenvalue weighted by Gasteiger charge is -2.33. The number of rotatable bonds is 5. The van der Waals surface area contributed by atoms with Gasteiger partial charge in [0.2, 0.25) is 5.91 Å². The summed E-state index contributed by atoms with van der Waals surface area (Å²) in [6.07, 6.45) is 3.84. The van der Waals surface area contributed by atoms with Crippen LogP contribution in [0.2, 0.25) is 0 Å². The highest BCUT2D eigenvalue weighted by Crippen LogP contribution is 2.24. The van der Waals surface area contributed by atoms with Crippen LogP contribution in [0.25, 0.3) is 0 Å². The number of halogens is 1. The molecule has 0 saturated carbocycles. The first-order valence-electron chi connectivity index (χ1n) is 8.96. The molecule has 2 fully saturated rings. The summed E-state index contributed by atoms with van der Waals surface area (Å²) in [6.45, 7) is 3.53. The number of methoxy groups -OCH3 is 1. The van der Waals surface area contributed by atoms with Crippen molar-refractivity contribution in [2.45, 2.75) is 25.7 Å². The SMILES string of the molecule is COc1ccc(C(=O)[C@@H]2CCCN(C(=O)CN3CCCC3)C2)cc1F. The molecule has 6 heteroatoms. The Morgan fingerprint density at radius 3 is 2.64 bits per heavy atom. The van der Waals surface area contributed by atoms with Gasteiger partial charge in [-0.25, -0.2) is 4.39 Å². The predicted octanol–water partition coefficient (Wildman–Crippen LogP) is 2.35. The van der Waals surface area contributed by atoms with Crippen molar-refractivity contribution in [1.29, 1.82) is 0 Å². The van der Waals surface area contributed by atoms with Crippen LogP contribution in [0.15, 0.2) is 18.2 Å². The molecule has 3 rings (SSSR count). The Labute approximate surface area is 147 Å². The van der Waals surface area contributed by atoms with E-state index in [0.717, 1.165) is 38.8 Å². The third-order valence-electron chi connectivity index (χ3n) is 5.14. The van der Waals surface area contributed by atoms with Gasteiger partial charge < -0.3 is 9.64 Å². The Morgan fingerprint density at radius 2 is 1.96 bits per heavy atom. The Hall–Kier alpha value is -1.95. The van der Waals surface area contributed by atoms with Gasteiger partial charge in [0, 0.05) is 24.6 Å². The zero-order chi connectivity index (χ0) is 17.8. The van der Waals surface area contributed by atoms with Gasteiger partial charge in [0.15, 0.2) is 17.3 Å². The first-order valence-corrected chi connectivity index (χ1v) is 8.96. The van der Waals surface area contributed by atoms with Crippen molar-refractivity contribution in [1.82, 2.24) is 9.80 Å². The van der Waals surface area contributed by atoms with Gasteiger partial charge in [-0.05, 0) is 57.0 Å². The minimum atomic E-state index is -0.536. The molecule has 2 heterocycles. The number of ketones is 1. The normalized spacial score (nSPS) is 21.4. The van der Waals surface area contributed by atoms with E-state index in [1.807, 2.05) is 0 Å². The first kappa shape index (κ1) is 17.9. The van der Waals surface area contributed by atoms with Gasteiger partial charge in [-0.1, -0.05) is 0 Å². The highest BCUT2D eigenvalue weighted by molar-refractivity contribution is 5.98. The fourth-order valence-corrected chi connectivity index (χ4v) is 3.71. The van der Waals surface area contributed by atoms with E-state index in [9.17, 15) is 14.0 Å². The van der Waals surface area contributed by atoms with Gasteiger partial charge in [0.1, 0.15) is 0 Å². The Kier molecular flexibility index (Phi) is 5.68. The van der Waals surface area contributed by atoms with Crippen molar-refractivity contribution in [2.75, 3.05) is 39.8 Å². The number of amides is 1. The average Bonchev–Trinajstić information content (AvgIpc) is 3.14. The average molecular weight is 348 g/mol. The van der Waals surface area contributed by atoms with Crippen molar-refractivity contribution in [3.63, 3.8) is 0 Å². The molecule has 0 spiro atoms. The molecule has 2 aliphatic heterocycles. The van der Waals surface area contributed by atoms with Crippen LogP contribution < -0.4 is 4.74 Å². The minimum Gasteiger partial charge on any atom is -0.494 e. The second-order valence-electron chi connectivity index (χ2n) is 6.88. The van der Waals surface area contributed by atoms with Crippen LogP contribution in [0.3, 0.4) is 0 Å². The standard InChI is InChI=1S/C19H25FN2O3/c1-25-17-7-6-14(11-16(17)20)19(24)15-5-4-10-22(12-15)18(23)13-21-8-2-3-9-21/h6-7,11,15H,2-5,8-10,12-13H2,1H3/t15-/m1/s1. The fraction of sp³-hybridized carbons (Fsp3) is 0.579. The van der Waals surface area contributed by atoms with Gasteiger partial charge in [0.25, 0.3) is 0 Å². The first-order chi connectivity index (χ1) is 12.1. The lowest BCUT2D eigenvalue weighted by atomic mass is 9.90. The van der Waals surface area contributed by atoms with Crippen LogP contribution in [0.5, 0.6) is 5.75 Å². The van der Waals surface area contributed by atoms with E-state index in [1.54, 1.807) is 11.0 Å². The minimum absolute atomic E-state index is 0.0970. The summed E-state index contributed by atoms with van der Waals surface area (Å²) in [7, 11) is 1.39. The second kappa shape index (κ2) is 7.95. The molecule has 0 N–H and O–H groups in total. The summed E-state index contributed by atoms with van der Waals surface area (Å²) in [4.78, 5) is 29.2. The fourth-order valence-electron chi connectivity index (χ4n) is 3.71. The van der Waals surface area contributed by atoms with Crippen molar-refractivity contribution >= 4 is 11.7 Å². The molecule has 0 aliphatic carbocycles. The lowest BCUT2D eigenvalue weighted by molar-refractivity contribution is -0.133. The molecule has 1 amide bonds. The molecule has 1 aromatic carbocycles. The lowest BCUT2D eigenvalue weighted by Crippen LogP contribution is -2.46. The van der Waals surface area contributed by atoms with Gasteiger partial charge in [-0.15, -0.1) is 0 Å². The molecule has 2 saturated heterocycles. The highest BCUT2D eigenvalue weighted by atomic mass is 19.1. The number of piperidine rings is 1. The van der Waals surface area contributed by atoms with E-state index < -0.39 is 5.82 Å². The number of ether oxygens (including phenoxy) is 1. The van der Waals surface area contributed by atoms with E-state index in [-0.39, 0.29) is 23.4 Å². The van der Waals surface area contributed by atoms with E-state index >= 15 is 0 Å². The number of likely N-dealkylation sites (tertiary alicyclic amines) is 2. The van der Waals surface area contributed by atoms with E-state index in [2.05, 4.69) is 4.90 Å². The van der Waals surface area contributed by atoms with Crippen molar-refractivity contribution < 1.29 is 18.7 Å². The molecule has 0 unspecified atom stereocenters. The summed E-state index contributed by atoms with van der Waals surface area (Å²) >= 11 is 0. The third kappa shape index (κ3) is 4.18. The topological polar surface area (TPSA) is 49.9 Å². The van der Waals surface area contributed by atoms with Gasteiger partial charge in [-0.3, -0.25) is 14.5 Å². The molecule has 1 atom stereocenters. The summed E-state index contributed by atoms with van der Waals surface area (Å²) in [5, 5.41) is 0. The van der Waals surface area contributed by atoms with Crippen LogP contribution in [0.1, 0.15) is 36.0 Å². The predicted molar refractivity (Wildman–Crippen MR) is 92.3 cm³/mol. The second-order valence-corrected chi connectivity index (χ2v) is 6.88. The number of hydrogen-bond acceptors (Lipinski definition) is 4. The molecular formula is C19H25FN2O3. The number of carbonyl (C=O) groups is 2. The highest BCUT2D eigenvalue weighted by Gasteiger charge is 2.30. The van der Waals surface area contributed by atoms with Gasteiger partial charge >= 0.3 is 0 Å². The number of carbonyl (C=O) groups excluding carboxylic acids is 2. The summed E-state index contributed by atoms with van der Waals surface area (Å²) in [6, 6.07) is 4.29. The van der Waals surface area contributed by atoms with Crippen molar-refractivity contribution in [3.8, 4) is 5.75 Å². The van der Waals surface area contributed by atoms with Gasteiger partial charge in [0.05, 0.1) is 13.7 Å². The van der Waals surface area contributed by atoms with Crippen LogP contribution in [-0.2, 0) is 4.79 Å². The van der Waals surface area contributed by atoms with Crippen LogP contribution in [0, 0.1) is 11.7 Å². The molecule has 136 valence electrons. The number of Topliss-reactive ketones (excluding diaryl/α,β-unsaturated/α-hetero) is 1. The zero-order valence-electron chi connectivity index (χ0n) is 14.7. The maximum atomic E-state index is 13.9. The van der Waals surface area contributed by atoms with Crippen molar-refractivity contribution in [3.05, 3.63) is 29.6 Å². The molecule has 25 heavy (non-hydrogen) atoms. The molecule has 1 aromatic rings.